The van der Waals surface area contributed by atoms with Crippen LogP contribution in [0.25, 0.3) is 0 Å². The highest BCUT2D eigenvalue weighted by Gasteiger charge is 2.36. The molecule has 0 aliphatic carbocycles. The SMILES string of the molecule is CCc1nn(C)cc1C1CNCC1C(=O)OC. The normalized spacial score (nSPS) is 23.9. The van der Waals surface area contributed by atoms with E-state index in [0.717, 1.165) is 18.7 Å². The Labute approximate surface area is 101 Å². The lowest BCUT2D eigenvalue weighted by atomic mass is 9.89. The fourth-order valence-corrected chi connectivity index (χ4v) is 2.54. The molecule has 1 N–H and O–H groups in total. The van der Waals surface area contributed by atoms with Crippen LogP contribution in [0.1, 0.15) is 24.1 Å². The Morgan fingerprint density at radius 2 is 2.41 bits per heavy atom. The third-order valence-electron chi connectivity index (χ3n) is 3.39. The number of aryl methyl sites for hydroxylation is 2. The molecule has 0 aromatic carbocycles. The number of methoxy groups -OCH3 is 1. The molecule has 0 saturated carbocycles. The van der Waals surface area contributed by atoms with E-state index in [4.69, 9.17) is 4.74 Å². The summed E-state index contributed by atoms with van der Waals surface area (Å²) in [6, 6.07) is 0. The third-order valence-corrected chi connectivity index (χ3v) is 3.39. The molecule has 2 unspecified atom stereocenters. The summed E-state index contributed by atoms with van der Waals surface area (Å²) in [7, 11) is 3.36. The highest BCUT2D eigenvalue weighted by molar-refractivity contribution is 5.74. The van der Waals surface area contributed by atoms with Gasteiger partial charge in [0, 0.05) is 32.3 Å². The number of aromatic nitrogens is 2. The number of hydrogen-bond acceptors (Lipinski definition) is 4. The Balaban J connectivity index is 2.28. The van der Waals surface area contributed by atoms with E-state index < -0.39 is 0 Å². The maximum absolute atomic E-state index is 11.7. The predicted molar refractivity (Wildman–Crippen MR) is 63.7 cm³/mol. The highest BCUT2D eigenvalue weighted by atomic mass is 16.5. The first-order chi connectivity index (χ1) is 8.17. The van der Waals surface area contributed by atoms with Crippen molar-refractivity contribution >= 4 is 5.97 Å². The van der Waals surface area contributed by atoms with Crippen LogP contribution in [-0.4, -0.2) is 35.9 Å². The quantitative estimate of drug-likeness (QED) is 0.776. The van der Waals surface area contributed by atoms with Crippen molar-refractivity contribution in [2.24, 2.45) is 13.0 Å². The van der Waals surface area contributed by atoms with Gasteiger partial charge in [0.2, 0.25) is 0 Å². The van der Waals surface area contributed by atoms with E-state index in [1.807, 2.05) is 17.9 Å². The van der Waals surface area contributed by atoms with Crippen LogP contribution < -0.4 is 5.32 Å². The first kappa shape index (κ1) is 12.1. The topological polar surface area (TPSA) is 56.2 Å². The van der Waals surface area contributed by atoms with E-state index in [9.17, 15) is 4.79 Å². The molecule has 17 heavy (non-hydrogen) atoms. The van der Waals surface area contributed by atoms with Crippen molar-refractivity contribution in [3.63, 3.8) is 0 Å². The largest absolute Gasteiger partial charge is 0.469 e. The smallest absolute Gasteiger partial charge is 0.310 e. The summed E-state index contributed by atoms with van der Waals surface area (Å²) in [5.74, 6) is -0.0356. The second-order valence-corrected chi connectivity index (χ2v) is 4.45. The summed E-state index contributed by atoms with van der Waals surface area (Å²) in [6.07, 6.45) is 2.91. The molecule has 5 nitrogen and oxygen atoms in total. The van der Waals surface area contributed by atoms with Crippen LogP contribution in [0.15, 0.2) is 6.20 Å². The van der Waals surface area contributed by atoms with Crippen LogP contribution in [0.4, 0.5) is 0 Å². The second kappa shape index (κ2) is 4.87. The molecule has 0 bridgehead atoms. The Bertz CT molecular complexity index is 414. The van der Waals surface area contributed by atoms with Crippen LogP contribution in [0.3, 0.4) is 0 Å². The highest BCUT2D eigenvalue weighted by Crippen LogP contribution is 2.31. The number of ether oxygens (including phenoxy) is 1. The fraction of sp³-hybridized carbons (Fsp3) is 0.667. The average molecular weight is 237 g/mol. The first-order valence-corrected chi connectivity index (χ1v) is 5.98. The summed E-state index contributed by atoms with van der Waals surface area (Å²) in [6.45, 7) is 3.59. The number of nitrogens with zero attached hydrogens (tertiary/aromatic N) is 2. The Kier molecular flexibility index (Phi) is 3.47. The van der Waals surface area contributed by atoms with Crippen molar-refractivity contribution in [2.75, 3.05) is 20.2 Å². The van der Waals surface area contributed by atoms with Crippen molar-refractivity contribution in [3.8, 4) is 0 Å². The molecule has 1 saturated heterocycles. The molecule has 2 rings (SSSR count). The van der Waals surface area contributed by atoms with Crippen molar-refractivity contribution in [1.82, 2.24) is 15.1 Å². The average Bonchev–Trinajstić information content (AvgIpc) is 2.93. The van der Waals surface area contributed by atoms with Gasteiger partial charge in [-0.05, 0) is 12.0 Å². The lowest BCUT2D eigenvalue weighted by Gasteiger charge is -2.15. The Hall–Kier alpha value is -1.36. The van der Waals surface area contributed by atoms with Crippen LogP contribution >= 0.6 is 0 Å². The summed E-state index contributed by atoms with van der Waals surface area (Å²) >= 11 is 0. The van der Waals surface area contributed by atoms with E-state index in [2.05, 4.69) is 17.3 Å². The predicted octanol–water partition coefficient (Wildman–Crippen LogP) is 0.458. The van der Waals surface area contributed by atoms with Gasteiger partial charge >= 0.3 is 5.97 Å². The number of esters is 1. The minimum Gasteiger partial charge on any atom is -0.469 e. The third kappa shape index (κ3) is 2.20. The molecular weight excluding hydrogens is 218 g/mol. The van der Waals surface area contributed by atoms with Crippen LogP contribution in [-0.2, 0) is 23.0 Å². The van der Waals surface area contributed by atoms with Gasteiger partial charge < -0.3 is 10.1 Å². The van der Waals surface area contributed by atoms with Gasteiger partial charge in [-0.3, -0.25) is 9.48 Å². The summed E-state index contributed by atoms with van der Waals surface area (Å²) in [5, 5.41) is 7.69. The molecule has 1 aromatic heterocycles. The van der Waals surface area contributed by atoms with Gasteiger partial charge in [0.1, 0.15) is 0 Å². The van der Waals surface area contributed by atoms with Gasteiger partial charge in [-0.25, -0.2) is 0 Å². The van der Waals surface area contributed by atoms with Crippen LogP contribution in [0.2, 0.25) is 0 Å². The molecule has 1 aromatic rings. The van der Waals surface area contributed by atoms with Gasteiger partial charge in [-0.2, -0.15) is 5.10 Å². The molecular formula is C12H19N3O2. The molecule has 5 heteroatoms. The summed E-state index contributed by atoms with van der Waals surface area (Å²) in [4.78, 5) is 11.7. The molecule has 0 spiro atoms. The summed E-state index contributed by atoms with van der Waals surface area (Å²) < 4.78 is 6.68. The van der Waals surface area contributed by atoms with E-state index in [1.165, 1.54) is 12.7 Å². The molecule has 1 aliphatic heterocycles. The number of nitrogens with one attached hydrogen (secondary N) is 1. The molecule has 1 aliphatic rings. The Morgan fingerprint density at radius 1 is 1.65 bits per heavy atom. The number of rotatable bonds is 3. The van der Waals surface area contributed by atoms with E-state index in [0.29, 0.717) is 6.54 Å². The first-order valence-electron chi connectivity index (χ1n) is 5.98. The van der Waals surface area contributed by atoms with E-state index >= 15 is 0 Å². The van der Waals surface area contributed by atoms with Crippen LogP contribution in [0.5, 0.6) is 0 Å². The van der Waals surface area contributed by atoms with Crippen molar-refractivity contribution in [1.29, 1.82) is 0 Å². The van der Waals surface area contributed by atoms with E-state index in [-0.39, 0.29) is 17.8 Å². The maximum Gasteiger partial charge on any atom is 0.310 e. The number of carbonyl (C=O) groups is 1. The van der Waals surface area contributed by atoms with Gasteiger partial charge in [0.05, 0.1) is 18.7 Å². The molecule has 2 atom stereocenters. The van der Waals surface area contributed by atoms with Crippen molar-refractivity contribution in [3.05, 3.63) is 17.5 Å². The minimum atomic E-state index is -0.133. The molecule has 2 heterocycles. The van der Waals surface area contributed by atoms with Gasteiger partial charge in [-0.15, -0.1) is 0 Å². The lowest BCUT2D eigenvalue weighted by molar-refractivity contribution is -0.145. The van der Waals surface area contributed by atoms with Gasteiger partial charge in [0.25, 0.3) is 0 Å². The molecule has 94 valence electrons. The summed E-state index contributed by atoms with van der Waals surface area (Å²) in [5.41, 5.74) is 2.26. The van der Waals surface area contributed by atoms with Crippen LogP contribution in [0, 0.1) is 5.92 Å². The molecule has 1 fully saturated rings. The van der Waals surface area contributed by atoms with Gasteiger partial charge in [-0.1, -0.05) is 6.92 Å². The standard InChI is InChI=1S/C12H19N3O2/c1-4-11-10(7-15(2)14-11)8-5-13-6-9(8)12(16)17-3/h7-9,13H,4-6H2,1-3H3. The van der Waals surface area contributed by atoms with Crippen molar-refractivity contribution < 1.29 is 9.53 Å². The molecule has 0 amide bonds. The van der Waals surface area contributed by atoms with E-state index in [1.54, 1.807) is 0 Å². The second-order valence-electron chi connectivity index (χ2n) is 4.45. The Morgan fingerprint density at radius 3 is 3.06 bits per heavy atom. The lowest BCUT2D eigenvalue weighted by Crippen LogP contribution is -2.23. The van der Waals surface area contributed by atoms with Crippen molar-refractivity contribution in [2.45, 2.75) is 19.3 Å². The zero-order valence-corrected chi connectivity index (χ0v) is 10.6. The zero-order valence-electron chi connectivity index (χ0n) is 10.6. The maximum atomic E-state index is 11.7. The van der Waals surface area contributed by atoms with Gasteiger partial charge in [0.15, 0.2) is 0 Å². The molecule has 0 radical (unpaired) electrons. The number of carbonyl (C=O) groups excluding carboxylic acids is 1. The monoisotopic (exact) mass is 237 g/mol. The minimum absolute atomic E-state index is 0.0884. The number of hydrogen-bond donors (Lipinski definition) is 1. The zero-order chi connectivity index (χ0) is 12.4. The fourth-order valence-electron chi connectivity index (χ4n) is 2.54.